The maximum Gasteiger partial charge on any atom is 0.325 e. The van der Waals surface area contributed by atoms with E-state index in [1.54, 1.807) is 0 Å². The number of hydrogen-bond acceptors (Lipinski definition) is 6. The molecule has 2 saturated heterocycles. The van der Waals surface area contributed by atoms with E-state index in [9.17, 15) is 13.2 Å². The van der Waals surface area contributed by atoms with E-state index in [4.69, 9.17) is 4.74 Å². The van der Waals surface area contributed by atoms with E-state index in [0.717, 1.165) is 0 Å². The summed E-state index contributed by atoms with van der Waals surface area (Å²) in [7, 11) is -1.66. The molecule has 2 rings (SSSR count). The molecular weight excluding hydrogens is 234 g/mol. The molecule has 2 unspecified atom stereocenters. The zero-order chi connectivity index (χ0) is 11.8. The summed E-state index contributed by atoms with van der Waals surface area (Å²) in [5.74, 6) is -0.172. The number of nitrogens with one attached hydrogen (secondary N) is 1. The number of rotatable bonds is 1. The first kappa shape index (κ1) is 11.8. The molecule has 0 bridgehead atoms. The van der Waals surface area contributed by atoms with Crippen LogP contribution in [0.2, 0.25) is 0 Å². The van der Waals surface area contributed by atoms with E-state index in [1.807, 2.05) is 0 Å². The third kappa shape index (κ3) is 2.21. The van der Waals surface area contributed by atoms with E-state index in [1.165, 1.54) is 7.11 Å². The van der Waals surface area contributed by atoms with E-state index in [-0.39, 0.29) is 24.1 Å². The first-order valence-corrected chi connectivity index (χ1v) is 6.94. The number of hydrogen-bond donors (Lipinski definition) is 1. The molecule has 6 nitrogen and oxygen atoms in total. The Morgan fingerprint density at radius 3 is 2.75 bits per heavy atom. The van der Waals surface area contributed by atoms with Gasteiger partial charge in [-0.05, 0) is 6.42 Å². The van der Waals surface area contributed by atoms with Gasteiger partial charge >= 0.3 is 5.97 Å². The Morgan fingerprint density at radius 1 is 1.56 bits per heavy atom. The van der Waals surface area contributed by atoms with Gasteiger partial charge in [0.2, 0.25) is 0 Å². The maximum atomic E-state index is 11.4. The molecule has 0 aliphatic carbocycles. The highest BCUT2D eigenvalue weighted by atomic mass is 32.2. The lowest BCUT2D eigenvalue weighted by Gasteiger charge is -2.36. The molecule has 92 valence electrons. The van der Waals surface area contributed by atoms with Crippen molar-refractivity contribution in [3.8, 4) is 0 Å². The van der Waals surface area contributed by atoms with Crippen molar-refractivity contribution in [2.24, 2.45) is 0 Å². The highest BCUT2D eigenvalue weighted by Crippen LogP contribution is 2.29. The van der Waals surface area contributed by atoms with Gasteiger partial charge in [-0.2, -0.15) is 0 Å². The minimum absolute atomic E-state index is 0.0426. The van der Waals surface area contributed by atoms with Crippen molar-refractivity contribution in [1.29, 1.82) is 0 Å². The molecule has 0 amide bonds. The SMILES string of the molecule is COC(=O)C1COC2(CCS(=O)(=O)C2)CN1. The van der Waals surface area contributed by atoms with Crippen molar-refractivity contribution in [1.82, 2.24) is 5.32 Å². The number of morpholine rings is 1. The lowest BCUT2D eigenvalue weighted by Crippen LogP contribution is -2.57. The minimum atomic E-state index is -2.98. The molecule has 2 aliphatic heterocycles. The Bertz CT molecular complexity index is 383. The molecule has 0 radical (unpaired) electrons. The van der Waals surface area contributed by atoms with Crippen LogP contribution in [0.25, 0.3) is 0 Å². The fourth-order valence-corrected chi connectivity index (χ4v) is 4.07. The number of sulfone groups is 1. The van der Waals surface area contributed by atoms with Gasteiger partial charge < -0.3 is 9.47 Å². The van der Waals surface area contributed by atoms with Crippen LogP contribution in [-0.4, -0.2) is 57.8 Å². The maximum absolute atomic E-state index is 11.4. The summed E-state index contributed by atoms with van der Waals surface area (Å²) in [6.07, 6.45) is 0.496. The van der Waals surface area contributed by atoms with Crippen LogP contribution in [0.5, 0.6) is 0 Å². The molecular formula is C9H15NO5S. The average Bonchev–Trinajstić information content (AvgIpc) is 2.54. The molecule has 7 heteroatoms. The van der Waals surface area contributed by atoms with Crippen molar-refractivity contribution < 1.29 is 22.7 Å². The van der Waals surface area contributed by atoms with Crippen LogP contribution in [-0.2, 0) is 24.1 Å². The van der Waals surface area contributed by atoms with Gasteiger partial charge in [0.15, 0.2) is 9.84 Å². The highest BCUT2D eigenvalue weighted by molar-refractivity contribution is 7.91. The van der Waals surface area contributed by atoms with E-state index >= 15 is 0 Å². The zero-order valence-corrected chi connectivity index (χ0v) is 9.88. The van der Waals surface area contributed by atoms with Gasteiger partial charge in [0.25, 0.3) is 0 Å². The van der Waals surface area contributed by atoms with Gasteiger partial charge in [-0.3, -0.25) is 10.1 Å². The summed E-state index contributed by atoms with van der Waals surface area (Å²) in [5.41, 5.74) is -0.636. The lowest BCUT2D eigenvalue weighted by molar-refractivity contribution is -0.151. The van der Waals surface area contributed by atoms with E-state index < -0.39 is 21.5 Å². The molecule has 2 aliphatic rings. The van der Waals surface area contributed by atoms with Crippen molar-refractivity contribution in [3.63, 3.8) is 0 Å². The lowest BCUT2D eigenvalue weighted by atomic mass is 10.0. The average molecular weight is 249 g/mol. The van der Waals surface area contributed by atoms with E-state index in [2.05, 4.69) is 10.1 Å². The van der Waals surface area contributed by atoms with Gasteiger partial charge in [-0.15, -0.1) is 0 Å². The van der Waals surface area contributed by atoms with Crippen LogP contribution < -0.4 is 5.32 Å². The predicted octanol–water partition coefficient (Wildman–Crippen LogP) is -1.29. The first-order valence-electron chi connectivity index (χ1n) is 5.12. The Kier molecular flexibility index (Phi) is 2.93. The molecule has 0 saturated carbocycles. The number of esters is 1. The Labute approximate surface area is 94.2 Å². The summed E-state index contributed by atoms with van der Waals surface area (Å²) in [6, 6.07) is -0.487. The minimum Gasteiger partial charge on any atom is -0.468 e. The molecule has 2 atom stereocenters. The molecule has 2 fully saturated rings. The monoisotopic (exact) mass is 249 g/mol. The largest absolute Gasteiger partial charge is 0.468 e. The van der Waals surface area contributed by atoms with Gasteiger partial charge in [-0.1, -0.05) is 0 Å². The predicted molar refractivity (Wildman–Crippen MR) is 55.8 cm³/mol. The fourth-order valence-electron chi connectivity index (χ4n) is 2.11. The van der Waals surface area contributed by atoms with Crippen LogP contribution in [0.3, 0.4) is 0 Å². The van der Waals surface area contributed by atoms with Crippen molar-refractivity contribution in [2.45, 2.75) is 18.1 Å². The van der Waals surface area contributed by atoms with Crippen LogP contribution in [0.4, 0.5) is 0 Å². The van der Waals surface area contributed by atoms with Crippen LogP contribution in [0, 0.1) is 0 Å². The highest BCUT2D eigenvalue weighted by Gasteiger charge is 2.46. The Balaban J connectivity index is 1.98. The molecule has 16 heavy (non-hydrogen) atoms. The molecule has 1 spiro atoms. The number of carbonyl (C=O) groups excluding carboxylic acids is 1. The normalized spacial score (nSPS) is 37.4. The second-order valence-corrected chi connectivity index (χ2v) is 6.48. The quantitative estimate of drug-likeness (QED) is 0.582. The van der Waals surface area contributed by atoms with Crippen LogP contribution >= 0.6 is 0 Å². The summed E-state index contributed by atoms with van der Waals surface area (Å²) >= 11 is 0. The Morgan fingerprint density at radius 2 is 2.31 bits per heavy atom. The fraction of sp³-hybridized carbons (Fsp3) is 0.889. The van der Waals surface area contributed by atoms with Crippen molar-refractivity contribution in [3.05, 3.63) is 0 Å². The standard InChI is InChI=1S/C9H15NO5S/c1-14-8(11)7-4-15-9(5-10-7)2-3-16(12,13)6-9/h7,10H,2-6H2,1H3. The third-order valence-electron chi connectivity index (χ3n) is 3.06. The van der Waals surface area contributed by atoms with Gasteiger partial charge in [0.1, 0.15) is 6.04 Å². The molecule has 0 aromatic heterocycles. The summed E-state index contributed by atoms with van der Waals surface area (Å²) < 4.78 is 32.9. The summed E-state index contributed by atoms with van der Waals surface area (Å²) in [6.45, 7) is 0.550. The summed E-state index contributed by atoms with van der Waals surface area (Å²) in [4.78, 5) is 11.2. The smallest absolute Gasteiger partial charge is 0.325 e. The number of ether oxygens (including phenoxy) is 2. The van der Waals surface area contributed by atoms with E-state index in [0.29, 0.717) is 13.0 Å². The topological polar surface area (TPSA) is 81.7 Å². The summed E-state index contributed by atoms with van der Waals surface area (Å²) in [5, 5.41) is 2.98. The van der Waals surface area contributed by atoms with Crippen molar-refractivity contribution >= 4 is 15.8 Å². The van der Waals surface area contributed by atoms with Gasteiger partial charge in [-0.25, -0.2) is 8.42 Å². The molecule has 0 aromatic carbocycles. The third-order valence-corrected chi connectivity index (χ3v) is 4.86. The Hall–Kier alpha value is -0.660. The number of methoxy groups -OCH3 is 1. The first-order chi connectivity index (χ1) is 7.46. The number of carbonyl (C=O) groups is 1. The molecule has 0 aromatic rings. The van der Waals surface area contributed by atoms with Crippen molar-refractivity contribution in [2.75, 3.05) is 31.8 Å². The second kappa shape index (κ2) is 3.97. The molecule has 1 N–H and O–H groups in total. The zero-order valence-electron chi connectivity index (χ0n) is 9.06. The van der Waals surface area contributed by atoms with Gasteiger partial charge in [0, 0.05) is 6.54 Å². The second-order valence-electron chi connectivity index (χ2n) is 4.29. The van der Waals surface area contributed by atoms with Gasteiger partial charge in [0.05, 0.1) is 30.8 Å². The molecule has 2 heterocycles. The van der Waals surface area contributed by atoms with Crippen LogP contribution in [0.1, 0.15) is 6.42 Å². The van der Waals surface area contributed by atoms with Crippen LogP contribution in [0.15, 0.2) is 0 Å².